The van der Waals surface area contributed by atoms with Crippen LogP contribution >= 0.6 is 11.6 Å². The number of hydrogen-bond donors (Lipinski definition) is 1. The average Bonchev–Trinajstić information content (AvgIpc) is 2.11. The molecular weight excluding hydrogens is 279 g/mol. The van der Waals surface area contributed by atoms with Crippen molar-refractivity contribution in [3.05, 3.63) is 0 Å². The number of halogens is 4. The van der Waals surface area contributed by atoms with Gasteiger partial charge in [-0.05, 0) is 12.3 Å². The Balaban J connectivity index is 4.21. The molecule has 0 fully saturated rings. The van der Waals surface area contributed by atoms with Crippen molar-refractivity contribution in [2.75, 3.05) is 11.6 Å². The molecule has 0 spiro atoms. The molecule has 0 saturated carbocycles. The van der Waals surface area contributed by atoms with Crippen molar-refractivity contribution in [1.29, 1.82) is 0 Å². The summed E-state index contributed by atoms with van der Waals surface area (Å²) < 4.78 is 60.8. The summed E-state index contributed by atoms with van der Waals surface area (Å²) in [7, 11) is -3.69. The summed E-state index contributed by atoms with van der Waals surface area (Å²) in [4.78, 5) is 0. The smallest absolute Gasteiger partial charge is 0.212 e. The molecule has 104 valence electrons. The van der Waals surface area contributed by atoms with Gasteiger partial charge in [-0.15, -0.1) is 11.6 Å². The Morgan fingerprint density at radius 2 is 1.82 bits per heavy atom. The molecule has 1 N–H and O–H groups in total. The maximum Gasteiger partial charge on any atom is 0.389 e. The van der Waals surface area contributed by atoms with Crippen molar-refractivity contribution < 1.29 is 21.6 Å². The Kier molecular flexibility index (Phi) is 6.79. The minimum Gasteiger partial charge on any atom is -0.212 e. The van der Waals surface area contributed by atoms with Crippen molar-refractivity contribution >= 4 is 21.6 Å². The van der Waals surface area contributed by atoms with Crippen LogP contribution in [0.3, 0.4) is 0 Å². The fourth-order valence-electron chi connectivity index (χ4n) is 1.10. The van der Waals surface area contributed by atoms with E-state index in [-0.39, 0.29) is 11.8 Å². The van der Waals surface area contributed by atoms with Gasteiger partial charge in [-0.1, -0.05) is 13.8 Å². The zero-order valence-electron chi connectivity index (χ0n) is 9.72. The average molecular weight is 296 g/mol. The van der Waals surface area contributed by atoms with Crippen LogP contribution in [0.15, 0.2) is 0 Å². The number of hydrogen-bond acceptors (Lipinski definition) is 2. The van der Waals surface area contributed by atoms with Crippen molar-refractivity contribution in [2.45, 2.75) is 38.9 Å². The maximum absolute atomic E-state index is 11.9. The number of nitrogens with one attached hydrogen (secondary N) is 1. The van der Waals surface area contributed by atoms with E-state index < -0.39 is 40.8 Å². The van der Waals surface area contributed by atoms with E-state index in [1.807, 2.05) is 0 Å². The molecule has 0 aromatic rings. The molecule has 0 saturated heterocycles. The topological polar surface area (TPSA) is 46.2 Å². The van der Waals surface area contributed by atoms with E-state index in [0.29, 0.717) is 0 Å². The van der Waals surface area contributed by atoms with Crippen molar-refractivity contribution in [3.8, 4) is 0 Å². The Hall–Kier alpha value is -0.0100. The molecule has 0 rings (SSSR count). The normalized spacial score (nSPS) is 15.2. The first kappa shape index (κ1) is 17.0. The lowest BCUT2D eigenvalue weighted by Gasteiger charge is -2.19. The first-order chi connectivity index (χ1) is 7.57. The van der Waals surface area contributed by atoms with E-state index in [1.54, 1.807) is 13.8 Å². The third-order valence-electron chi connectivity index (χ3n) is 2.18. The second-order valence-electron chi connectivity index (χ2n) is 4.16. The second-order valence-corrected chi connectivity index (χ2v) is 6.34. The van der Waals surface area contributed by atoms with Gasteiger partial charge in [0.15, 0.2) is 0 Å². The summed E-state index contributed by atoms with van der Waals surface area (Å²) in [5.41, 5.74) is 0. The second kappa shape index (κ2) is 6.80. The number of sulfonamides is 1. The lowest BCUT2D eigenvalue weighted by molar-refractivity contribution is -0.134. The van der Waals surface area contributed by atoms with E-state index in [2.05, 4.69) is 4.72 Å². The third-order valence-corrected chi connectivity index (χ3v) is 4.00. The van der Waals surface area contributed by atoms with Crippen LogP contribution in [0.5, 0.6) is 0 Å². The Morgan fingerprint density at radius 3 is 2.18 bits per heavy atom. The van der Waals surface area contributed by atoms with Crippen molar-refractivity contribution in [2.24, 2.45) is 5.92 Å². The number of rotatable bonds is 7. The van der Waals surface area contributed by atoms with Gasteiger partial charge in [0.1, 0.15) is 0 Å². The van der Waals surface area contributed by atoms with Crippen LogP contribution in [0.1, 0.15) is 26.7 Å². The highest BCUT2D eigenvalue weighted by molar-refractivity contribution is 7.89. The predicted octanol–water partition coefficient (Wildman–Crippen LogP) is 2.51. The molecule has 0 aromatic carbocycles. The largest absolute Gasteiger partial charge is 0.389 e. The molecule has 0 aliphatic heterocycles. The Labute approximate surface area is 105 Å². The molecule has 0 radical (unpaired) electrons. The summed E-state index contributed by atoms with van der Waals surface area (Å²) in [5, 5.41) is 0. The van der Waals surface area contributed by atoms with Gasteiger partial charge in [-0.25, -0.2) is 13.1 Å². The van der Waals surface area contributed by atoms with Crippen LogP contribution < -0.4 is 4.72 Å². The van der Waals surface area contributed by atoms with Crippen LogP contribution in [0.4, 0.5) is 13.2 Å². The number of alkyl halides is 4. The van der Waals surface area contributed by atoms with Gasteiger partial charge in [-0.3, -0.25) is 0 Å². The van der Waals surface area contributed by atoms with Gasteiger partial charge in [0.2, 0.25) is 10.0 Å². The van der Waals surface area contributed by atoms with Crippen LogP contribution in [0, 0.1) is 5.92 Å². The summed E-state index contributed by atoms with van der Waals surface area (Å²) in [6.07, 6.45) is -5.85. The molecule has 0 aliphatic carbocycles. The van der Waals surface area contributed by atoms with Crippen LogP contribution in [0.2, 0.25) is 0 Å². The van der Waals surface area contributed by atoms with Crippen molar-refractivity contribution in [3.63, 3.8) is 0 Å². The fourth-order valence-corrected chi connectivity index (χ4v) is 3.08. The van der Waals surface area contributed by atoms with Crippen LogP contribution in [-0.4, -0.2) is 32.3 Å². The van der Waals surface area contributed by atoms with E-state index in [1.165, 1.54) is 0 Å². The predicted molar refractivity (Wildman–Crippen MR) is 61.6 cm³/mol. The first-order valence-electron chi connectivity index (χ1n) is 5.20. The van der Waals surface area contributed by atoms with Gasteiger partial charge < -0.3 is 0 Å². The SMILES string of the molecule is CC(C)C(CCl)NS(=O)(=O)CCCC(F)(F)F. The molecule has 0 bridgehead atoms. The lowest BCUT2D eigenvalue weighted by atomic mass is 10.1. The van der Waals surface area contributed by atoms with Gasteiger partial charge in [0.05, 0.1) is 5.75 Å². The molecule has 0 aliphatic rings. The van der Waals surface area contributed by atoms with Gasteiger partial charge in [-0.2, -0.15) is 13.2 Å². The molecule has 0 heterocycles. The van der Waals surface area contributed by atoms with Crippen LogP contribution in [-0.2, 0) is 10.0 Å². The Morgan fingerprint density at radius 1 is 1.29 bits per heavy atom. The minimum absolute atomic E-state index is 0.00936. The molecule has 3 nitrogen and oxygen atoms in total. The standard InChI is InChI=1S/C9H17ClF3NO2S/c1-7(2)8(6-10)14-17(15,16)5-3-4-9(11,12)13/h7-8,14H,3-6H2,1-2H3. The zero-order chi connectivity index (χ0) is 13.7. The molecule has 1 unspecified atom stereocenters. The van der Waals surface area contributed by atoms with Gasteiger partial charge >= 0.3 is 6.18 Å². The highest BCUT2D eigenvalue weighted by Gasteiger charge is 2.28. The quantitative estimate of drug-likeness (QED) is 0.734. The molecule has 0 aromatic heterocycles. The lowest BCUT2D eigenvalue weighted by Crippen LogP contribution is -2.41. The minimum atomic E-state index is -4.32. The maximum atomic E-state index is 11.9. The Bertz CT molecular complexity index is 317. The van der Waals surface area contributed by atoms with E-state index in [0.717, 1.165) is 0 Å². The summed E-state index contributed by atoms with van der Waals surface area (Å²) in [6.45, 7) is 3.57. The summed E-state index contributed by atoms with van der Waals surface area (Å²) >= 11 is 5.57. The molecule has 0 amide bonds. The molecule has 8 heteroatoms. The van der Waals surface area contributed by atoms with E-state index in [9.17, 15) is 21.6 Å². The van der Waals surface area contributed by atoms with Gasteiger partial charge in [0, 0.05) is 18.3 Å². The molecular formula is C9H17ClF3NO2S. The molecule has 1 atom stereocenters. The summed E-state index contributed by atoms with van der Waals surface area (Å²) in [5.74, 6) is -0.451. The first-order valence-corrected chi connectivity index (χ1v) is 7.39. The van der Waals surface area contributed by atoms with Crippen molar-refractivity contribution in [1.82, 2.24) is 4.72 Å². The summed E-state index contributed by atoms with van der Waals surface area (Å²) in [6, 6.07) is -0.451. The van der Waals surface area contributed by atoms with E-state index in [4.69, 9.17) is 11.6 Å². The van der Waals surface area contributed by atoms with E-state index >= 15 is 0 Å². The van der Waals surface area contributed by atoms with Gasteiger partial charge in [0.25, 0.3) is 0 Å². The zero-order valence-corrected chi connectivity index (χ0v) is 11.3. The molecule has 17 heavy (non-hydrogen) atoms. The highest BCUT2D eigenvalue weighted by Crippen LogP contribution is 2.21. The fraction of sp³-hybridized carbons (Fsp3) is 1.00. The van der Waals surface area contributed by atoms with Crippen LogP contribution in [0.25, 0.3) is 0 Å². The highest BCUT2D eigenvalue weighted by atomic mass is 35.5. The third kappa shape index (κ3) is 8.68. The monoisotopic (exact) mass is 295 g/mol.